The Kier molecular flexibility index (Phi) is 5.22. The molecule has 2 heterocycles. The van der Waals surface area contributed by atoms with Crippen LogP contribution in [0.2, 0.25) is 0 Å². The number of hydrogen-bond donors (Lipinski definition) is 2. The maximum atomic E-state index is 11.5. The molecule has 8 nitrogen and oxygen atoms in total. The third-order valence-electron chi connectivity index (χ3n) is 3.67. The molecule has 3 rings (SSSR count). The molecule has 0 bridgehead atoms. The van der Waals surface area contributed by atoms with Gasteiger partial charge in [-0.15, -0.1) is 5.10 Å². The van der Waals surface area contributed by atoms with E-state index in [2.05, 4.69) is 15.5 Å². The Morgan fingerprint density at radius 3 is 3.00 bits per heavy atom. The van der Waals surface area contributed by atoms with Crippen LogP contribution in [0.25, 0.3) is 0 Å². The van der Waals surface area contributed by atoms with Gasteiger partial charge in [0.25, 0.3) is 0 Å². The van der Waals surface area contributed by atoms with E-state index in [1.165, 1.54) is 0 Å². The summed E-state index contributed by atoms with van der Waals surface area (Å²) in [5, 5.41) is 19.0. The van der Waals surface area contributed by atoms with E-state index >= 15 is 0 Å². The number of fused-ring (bicyclic) bond motifs is 1. The Hall–Kier alpha value is -2.55. The molecule has 1 aromatic rings. The highest BCUT2D eigenvalue weighted by molar-refractivity contribution is 8.15. The van der Waals surface area contributed by atoms with E-state index in [0.717, 1.165) is 41.0 Å². The lowest BCUT2D eigenvalue weighted by Crippen LogP contribution is -2.40. The number of benzene rings is 1. The summed E-state index contributed by atoms with van der Waals surface area (Å²) in [7, 11) is 0. The number of amides is 1. The molecule has 132 valence electrons. The molecule has 0 saturated carbocycles. The van der Waals surface area contributed by atoms with Crippen molar-refractivity contribution in [1.82, 2.24) is 5.32 Å². The second-order valence-corrected chi connectivity index (χ2v) is 6.82. The molecule has 1 saturated heterocycles. The summed E-state index contributed by atoms with van der Waals surface area (Å²) in [5.74, 6) is 0.0983. The molecule has 2 aliphatic heterocycles. The van der Waals surface area contributed by atoms with Crippen LogP contribution in [-0.4, -0.2) is 39.9 Å². The van der Waals surface area contributed by atoms with E-state index in [1.54, 1.807) is 0 Å². The van der Waals surface area contributed by atoms with Crippen molar-refractivity contribution in [3.05, 3.63) is 23.8 Å². The number of nitrogens with one attached hydrogen (secondary N) is 1. The second kappa shape index (κ2) is 7.56. The molecular formula is C16H17N3O5S. The van der Waals surface area contributed by atoms with Crippen LogP contribution in [0.5, 0.6) is 11.5 Å². The summed E-state index contributed by atoms with van der Waals surface area (Å²) in [5.41, 5.74) is 1.87. The van der Waals surface area contributed by atoms with Gasteiger partial charge in [-0.05, 0) is 37.5 Å². The zero-order valence-electron chi connectivity index (χ0n) is 13.5. The Morgan fingerprint density at radius 1 is 1.40 bits per heavy atom. The van der Waals surface area contributed by atoms with Gasteiger partial charge in [-0.3, -0.25) is 9.59 Å². The SMILES string of the molecule is CC(CCc1ccc2c(c1)OCO2)=N/N=C1/NC(=O)CC(C(=O)O)S1. The topological polar surface area (TPSA) is 110 Å². The summed E-state index contributed by atoms with van der Waals surface area (Å²) >= 11 is 0.994. The maximum absolute atomic E-state index is 11.5. The highest BCUT2D eigenvalue weighted by Crippen LogP contribution is 2.32. The minimum Gasteiger partial charge on any atom is -0.480 e. The van der Waals surface area contributed by atoms with E-state index in [4.69, 9.17) is 14.6 Å². The number of carbonyl (C=O) groups is 2. The number of aryl methyl sites for hydroxylation is 1. The fraction of sp³-hybridized carbons (Fsp3) is 0.375. The first-order chi connectivity index (χ1) is 12.0. The number of carboxylic acid groups (broad SMARTS) is 1. The predicted octanol–water partition coefficient (Wildman–Crippen LogP) is 1.79. The van der Waals surface area contributed by atoms with Gasteiger partial charge in [0.2, 0.25) is 12.7 Å². The summed E-state index contributed by atoms with van der Waals surface area (Å²) in [4.78, 5) is 22.5. The van der Waals surface area contributed by atoms with Gasteiger partial charge in [0.1, 0.15) is 5.25 Å². The Bertz CT molecular complexity index is 762. The lowest BCUT2D eigenvalue weighted by atomic mass is 10.1. The number of thioether (sulfide) groups is 1. The van der Waals surface area contributed by atoms with Crippen LogP contribution >= 0.6 is 11.8 Å². The van der Waals surface area contributed by atoms with Crippen molar-refractivity contribution in [2.75, 3.05) is 6.79 Å². The molecule has 2 aliphatic rings. The summed E-state index contributed by atoms with van der Waals surface area (Å²) < 4.78 is 10.6. The summed E-state index contributed by atoms with van der Waals surface area (Å²) in [6.45, 7) is 2.08. The molecule has 1 atom stereocenters. The molecule has 0 radical (unpaired) electrons. The zero-order valence-corrected chi connectivity index (χ0v) is 14.3. The predicted molar refractivity (Wildman–Crippen MR) is 93.2 cm³/mol. The van der Waals surface area contributed by atoms with Crippen LogP contribution in [-0.2, 0) is 16.0 Å². The number of carbonyl (C=O) groups excluding carboxylic acids is 1. The van der Waals surface area contributed by atoms with E-state index in [0.29, 0.717) is 6.42 Å². The number of rotatable bonds is 5. The molecule has 25 heavy (non-hydrogen) atoms. The van der Waals surface area contributed by atoms with E-state index in [1.807, 2.05) is 25.1 Å². The zero-order chi connectivity index (χ0) is 17.8. The third kappa shape index (κ3) is 4.50. The lowest BCUT2D eigenvalue weighted by Gasteiger charge is -2.18. The molecule has 0 aromatic heterocycles. The number of ether oxygens (including phenoxy) is 2. The van der Waals surface area contributed by atoms with Gasteiger partial charge in [-0.1, -0.05) is 17.8 Å². The highest BCUT2D eigenvalue weighted by Gasteiger charge is 2.29. The summed E-state index contributed by atoms with van der Waals surface area (Å²) in [6.07, 6.45) is 1.37. The Balaban J connectivity index is 1.58. The van der Waals surface area contributed by atoms with E-state index < -0.39 is 11.2 Å². The van der Waals surface area contributed by atoms with Crippen LogP contribution in [0, 0.1) is 0 Å². The number of amidine groups is 1. The average molecular weight is 363 g/mol. The van der Waals surface area contributed by atoms with Crippen molar-refractivity contribution < 1.29 is 24.2 Å². The number of nitrogens with zero attached hydrogens (tertiary/aromatic N) is 2. The number of carboxylic acids is 1. The van der Waals surface area contributed by atoms with Crippen molar-refractivity contribution in [3.8, 4) is 11.5 Å². The fourth-order valence-electron chi connectivity index (χ4n) is 2.33. The first kappa shape index (κ1) is 17.3. The van der Waals surface area contributed by atoms with Crippen LogP contribution in [0.15, 0.2) is 28.4 Å². The minimum atomic E-state index is -1.03. The standard InChI is InChI=1S/C16H17N3O5S/c1-9(2-3-10-4-5-11-12(6-10)24-8-23-11)18-19-16-17-14(20)7-13(25-16)15(21)22/h4-6,13H,2-3,7-8H2,1H3,(H,21,22)(H,17,19,20). The molecule has 9 heteroatoms. The van der Waals surface area contributed by atoms with E-state index in [9.17, 15) is 9.59 Å². The maximum Gasteiger partial charge on any atom is 0.317 e. The molecule has 2 N–H and O–H groups in total. The molecule has 0 spiro atoms. The van der Waals surface area contributed by atoms with Crippen LogP contribution in [0.1, 0.15) is 25.3 Å². The molecule has 1 unspecified atom stereocenters. The number of hydrogen-bond acceptors (Lipinski definition) is 7. The third-order valence-corrected chi connectivity index (χ3v) is 4.73. The molecule has 1 fully saturated rings. The monoisotopic (exact) mass is 363 g/mol. The van der Waals surface area contributed by atoms with Crippen molar-refractivity contribution in [1.29, 1.82) is 0 Å². The summed E-state index contributed by atoms with van der Waals surface area (Å²) in [6, 6.07) is 5.79. The molecule has 1 amide bonds. The largest absolute Gasteiger partial charge is 0.480 e. The molecule has 0 aliphatic carbocycles. The normalized spacial score (nSPS) is 21.3. The Labute approximate surface area is 148 Å². The van der Waals surface area contributed by atoms with Crippen LogP contribution < -0.4 is 14.8 Å². The van der Waals surface area contributed by atoms with Crippen molar-refractivity contribution in [2.24, 2.45) is 10.2 Å². The molecule has 1 aromatic carbocycles. The fourth-order valence-corrected chi connectivity index (χ4v) is 3.20. The first-order valence-electron chi connectivity index (χ1n) is 7.70. The van der Waals surface area contributed by atoms with Gasteiger partial charge in [0.05, 0.1) is 0 Å². The van der Waals surface area contributed by atoms with Crippen molar-refractivity contribution in [3.63, 3.8) is 0 Å². The first-order valence-corrected chi connectivity index (χ1v) is 8.58. The van der Waals surface area contributed by atoms with Crippen molar-refractivity contribution >= 4 is 34.5 Å². The highest BCUT2D eigenvalue weighted by atomic mass is 32.2. The van der Waals surface area contributed by atoms with Gasteiger partial charge in [0, 0.05) is 12.1 Å². The molecular weight excluding hydrogens is 346 g/mol. The van der Waals surface area contributed by atoms with Crippen molar-refractivity contribution in [2.45, 2.75) is 31.4 Å². The Morgan fingerprint density at radius 2 is 2.20 bits per heavy atom. The van der Waals surface area contributed by atoms with Gasteiger partial charge >= 0.3 is 5.97 Å². The quantitative estimate of drug-likeness (QED) is 0.610. The smallest absolute Gasteiger partial charge is 0.317 e. The van der Waals surface area contributed by atoms with Gasteiger partial charge in [0.15, 0.2) is 16.7 Å². The van der Waals surface area contributed by atoms with E-state index in [-0.39, 0.29) is 24.3 Å². The van der Waals surface area contributed by atoms with Gasteiger partial charge < -0.3 is 19.9 Å². The lowest BCUT2D eigenvalue weighted by molar-refractivity contribution is -0.138. The van der Waals surface area contributed by atoms with Crippen LogP contribution in [0.3, 0.4) is 0 Å². The second-order valence-electron chi connectivity index (χ2n) is 5.63. The number of aliphatic carboxylic acids is 1. The van der Waals surface area contributed by atoms with Gasteiger partial charge in [-0.2, -0.15) is 5.10 Å². The minimum absolute atomic E-state index is 0.0637. The van der Waals surface area contributed by atoms with Gasteiger partial charge in [-0.25, -0.2) is 0 Å². The van der Waals surface area contributed by atoms with Crippen LogP contribution in [0.4, 0.5) is 0 Å². The average Bonchev–Trinajstić information content (AvgIpc) is 3.05.